The van der Waals surface area contributed by atoms with Crippen LogP contribution in [0.5, 0.6) is 0 Å². The van der Waals surface area contributed by atoms with Gasteiger partial charge in [-0.1, -0.05) is 13.8 Å². The van der Waals surface area contributed by atoms with Crippen LogP contribution in [0.4, 0.5) is 5.69 Å². The van der Waals surface area contributed by atoms with Crippen LogP contribution in [0.15, 0.2) is 29.2 Å². The van der Waals surface area contributed by atoms with Gasteiger partial charge in [-0.3, -0.25) is 0 Å². The van der Waals surface area contributed by atoms with Gasteiger partial charge in [0.1, 0.15) is 0 Å². The maximum atomic E-state index is 11.9. The fraction of sp³-hybridized carbons (Fsp3) is 0.571. The largest absolute Gasteiger partial charge is 0.385 e. The molecular formula is C14H23NO3S. The fourth-order valence-corrected chi connectivity index (χ4v) is 3.13. The summed E-state index contributed by atoms with van der Waals surface area (Å²) in [6, 6.07) is 6.94. The molecule has 0 saturated carbocycles. The molecule has 1 rings (SSSR count). The maximum Gasteiger partial charge on any atom is 0.178 e. The van der Waals surface area contributed by atoms with Crippen LogP contribution in [-0.2, 0) is 14.6 Å². The number of methoxy groups -OCH3 is 1. The zero-order valence-electron chi connectivity index (χ0n) is 11.8. The Morgan fingerprint density at radius 3 is 2.42 bits per heavy atom. The van der Waals surface area contributed by atoms with Crippen molar-refractivity contribution in [1.82, 2.24) is 0 Å². The molecule has 5 heteroatoms. The van der Waals surface area contributed by atoms with E-state index in [-0.39, 0.29) is 5.75 Å². The van der Waals surface area contributed by atoms with E-state index < -0.39 is 9.84 Å². The molecule has 0 heterocycles. The van der Waals surface area contributed by atoms with E-state index in [9.17, 15) is 8.42 Å². The van der Waals surface area contributed by atoms with Crippen molar-refractivity contribution < 1.29 is 13.2 Å². The van der Waals surface area contributed by atoms with Crippen molar-refractivity contribution in [2.24, 2.45) is 5.92 Å². The van der Waals surface area contributed by atoms with Gasteiger partial charge in [-0.05, 0) is 36.6 Å². The van der Waals surface area contributed by atoms with Gasteiger partial charge in [-0.25, -0.2) is 8.42 Å². The molecule has 19 heavy (non-hydrogen) atoms. The minimum Gasteiger partial charge on any atom is -0.385 e. The molecule has 0 radical (unpaired) electrons. The predicted molar refractivity (Wildman–Crippen MR) is 78.3 cm³/mol. The molecule has 4 nitrogen and oxygen atoms in total. The summed E-state index contributed by atoms with van der Waals surface area (Å²) in [7, 11) is -1.43. The van der Waals surface area contributed by atoms with Gasteiger partial charge >= 0.3 is 0 Å². The lowest BCUT2D eigenvalue weighted by Crippen LogP contribution is -2.15. The number of hydrogen-bond acceptors (Lipinski definition) is 4. The third-order valence-corrected chi connectivity index (χ3v) is 4.73. The average Bonchev–Trinajstić information content (AvgIpc) is 2.37. The lowest BCUT2D eigenvalue weighted by molar-refractivity contribution is 0.164. The number of hydrogen-bond donors (Lipinski definition) is 1. The first kappa shape index (κ1) is 16.0. The summed E-state index contributed by atoms with van der Waals surface area (Å²) in [5.74, 6) is 0.610. The first-order valence-electron chi connectivity index (χ1n) is 6.55. The van der Waals surface area contributed by atoms with E-state index in [1.165, 1.54) is 0 Å². The molecule has 0 aromatic heterocycles. The van der Waals surface area contributed by atoms with E-state index >= 15 is 0 Å². The van der Waals surface area contributed by atoms with Crippen molar-refractivity contribution in [3.8, 4) is 0 Å². The summed E-state index contributed by atoms with van der Waals surface area (Å²) in [5.41, 5.74) is 0.929. The van der Waals surface area contributed by atoms with E-state index in [1.807, 2.05) is 19.1 Å². The highest BCUT2D eigenvalue weighted by atomic mass is 32.2. The molecule has 0 amide bonds. The van der Waals surface area contributed by atoms with Crippen LogP contribution in [0.2, 0.25) is 0 Å². The Balaban J connectivity index is 2.62. The Kier molecular flexibility index (Phi) is 6.31. The Labute approximate surface area is 116 Å². The molecule has 1 aromatic carbocycles. The predicted octanol–water partition coefficient (Wildman–Crippen LogP) is 2.56. The van der Waals surface area contributed by atoms with Crippen molar-refractivity contribution in [2.45, 2.75) is 25.2 Å². The summed E-state index contributed by atoms with van der Waals surface area (Å²) >= 11 is 0. The van der Waals surface area contributed by atoms with E-state index in [2.05, 4.69) is 12.2 Å². The quantitative estimate of drug-likeness (QED) is 0.797. The normalized spacial score (nSPS) is 13.2. The Morgan fingerprint density at radius 1 is 1.26 bits per heavy atom. The summed E-state index contributed by atoms with van der Waals surface area (Å²) in [6.07, 6.45) is 0.636. The van der Waals surface area contributed by atoms with Gasteiger partial charge in [0, 0.05) is 19.3 Å². The van der Waals surface area contributed by atoms with Crippen molar-refractivity contribution in [1.29, 1.82) is 0 Å². The van der Waals surface area contributed by atoms with Crippen molar-refractivity contribution >= 4 is 15.5 Å². The van der Waals surface area contributed by atoms with Crippen molar-refractivity contribution in [2.75, 3.05) is 31.3 Å². The topological polar surface area (TPSA) is 55.4 Å². The second kappa shape index (κ2) is 7.50. The van der Waals surface area contributed by atoms with Gasteiger partial charge in [0.2, 0.25) is 0 Å². The van der Waals surface area contributed by atoms with Gasteiger partial charge in [-0.2, -0.15) is 0 Å². The molecule has 1 atom stereocenters. The molecule has 0 aliphatic carbocycles. The summed E-state index contributed by atoms with van der Waals surface area (Å²) < 4.78 is 28.8. The molecule has 0 bridgehead atoms. The van der Waals surface area contributed by atoms with E-state index in [0.717, 1.165) is 12.2 Å². The Morgan fingerprint density at radius 2 is 1.89 bits per heavy atom. The van der Waals surface area contributed by atoms with Crippen molar-refractivity contribution in [3.63, 3.8) is 0 Å². The van der Waals surface area contributed by atoms with Crippen LogP contribution < -0.4 is 5.32 Å². The van der Waals surface area contributed by atoms with Crippen LogP contribution in [0.25, 0.3) is 0 Å². The van der Waals surface area contributed by atoms with Gasteiger partial charge in [0.05, 0.1) is 17.3 Å². The summed E-state index contributed by atoms with van der Waals surface area (Å²) in [4.78, 5) is 0.393. The van der Waals surface area contributed by atoms with Gasteiger partial charge in [0.15, 0.2) is 9.84 Å². The Bertz CT molecular complexity index is 468. The number of sulfone groups is 1. The molecular weight excluding hydrogens is 262 g/mol. The monoisotopic (exact) mass is 285 g/mol. The first-order chi connectivity index (χ1) is 8.99. The van der Waals surface area contributed by atoms with Gasteiger partial charge < -0.3 is 10.1 Å². The van der Waals surface area contributed by atoms with Crippen LogP contribution in [-0.4, -0.2) is 34.4 Å². The lowest BCUT2D eigenvalue weighted by atomic mass is 10.2. The summed E-state index contributed by atoms with van der Waals surface area (Å²) in [5, 5.41) is 3.27. The number of nitrogens with one attached hydrogen (secondary N) is 1. The molecule has 108 valence electrons. The smallest absolute Gasteiger partial charge is 0.178 e. The molecule has 1 unspecified atom stereocenters. The second-order valence-electron chi connectivity index (χ2n) is 4.78. The van der Waals surface area contributed by atoms with E-state index in [0.29, 0.717) is 23.8 Å². The Hall–Kier alpha value is -1.07. The van der Waals surface area contributed by atoms with Crippen LogP contribution >= 0.6 is 0 Å². The number of rotatable bonds is 8. The second-order valence-corrected chi connectivity index (χ2v) is 6.89. The number of ether oxygens (including phenoxy) is 1. The standard InChI is InChI=1S/C14H23NO3S/c1-4-9-19(16,17)14-7-5-13(6-8-14)15-10-12(2)11-18-3/h5-8,12,15H,4,9-11H2,1-3H3. The van der Waals surface area contributed by atoms with Crippen molar-refractivity contribution in [3.05, 3.63) is 24.3 Å². The molecule has 1 aromatic rings. The molecule has 0 aliphatic rings. The highest BCUT2D eigenvalue weighted by Gasteiger charge is 2.12. The SMILES string of the molecule is CCCS(=O)(=O)c1ccc(NCC(C)COC)cc1. The van der Waals surface area contributed by atoms with E-state index in [1.54, 1.807) is 19.2 Å². The number of anilines is 1. The molecule has 0 spiro atoms. The molecule has 0 fully saturated rings. The molecule has 0 aliphatic heterocycles. The third-order valence-electron chi connectivity index (χ3n) is 2.79. The van der Waals surface area contributed by atoms with Crippen LogP contribution in [0.1, 0.15) is 20.3 Å². The summed E-state index contributed by atoms with van der Waals surface area (Å²) in [6.45, 7) is 5.46. The van der Waals surface area contributed by atoms with Crippen LogP contribution in [0.3, 0.4) is 0 Å². The lowest BCUT2D eigenvalue weighted by Gasteiger charge is -2.13. The fourth-order valence-electron chi connectivity index (χ4n) is 1.80. The van der Waals surface area contributed by atoms with E-state index in [4.69, 9.17) is 4.74 Å². The van der Waals surface area contributed by atoms with Gasteiger partial charge in [-0.15, -0.1) is 0 Å². The van der Waals surface area contributed by atoms with Gasteiger partial charge in [0.25, 0.3) is 0 Å². The minimum absolute atomic E-state index is 0.199. The highest BCUT2D eigenvalue weighted by molar-refractivity contribution is 7.91. The zero-order valence-corrected chi connectivity index (χ0v) is 12.7. The molecule has 0 saturated heterocycles. The average molecular weight is 285 g/mol. The minimum atomic E-state index is -3.11. The highest BCUT2D eigenvalue weighted by Crippen LogP contribution is 2.16. The van der Waals surface area contributed by atoms with Crippen LogP contribution in [0, 0.1) is 5.92 Å². The molecule has 1 N–H and O–H groups in total. The maximum absolute atomic E-state index is 11.9. The third kappa shape index (κ3) is 5.20. The first-order valence-corrected chi connectivity index (χ1v) is 8.20. The number of benzene rings is 1. The zero-order chi connectivity index (χ0) is 14.3.